The Labute approximate surface area is 140 Å². The Balaban J connectivity index is 2.06. The molecule has 0 unspecified atom stereocenters. The highest BCUT2D eigenvalue weighted by atomic mass is 16.5. The van der Waals surface area contributed by atoms with Crippen molar-refractivity contribution in [2.45, 2.75) is 26.7 Å². The molecule has 0 aliphatic carbocycles. The van der Waals surface area contributed by atoms with Crippen LogP contribution in [0.3, 0.4) is 0 Å². The van der Waals surface area contributed by atoms with E-state index in [1.165, 1.54) is 0 Å². The van der Waals surface area contributed by atoms with E-state index in [9.17, 15) is 9.59 Å². The van der Waals surface area contributed by atoms with Gasteiger partial charge in [0.15, 0.2) is 0 Å². The summed E-state index contributed by atoms with van der Waals surface area (Å²) >= 11 is 0. The molecule has 0 atom stereocenters. The zero-order valence-corrected chi connectivity index (χ0v) is 13.9. The van der Waals surface area contributed by atoms with Crippen molar-refractivity contribution in [1.82, 2.24) is 4.98 Å². The monoisotopic (exact) mass is 325 g/mol. The van der Waals surface area contributed by atoms with Gasteiger partial charge in [-0.25, -0.2) is 0 Å². The molecule has 0 bridgehead atoms. The molecule has 0 radical (unpaired) electrons. The van der Waals surface area contributed by atoms with Gasteiger partial charge in [-0.1, -0.05) is 0 Å². The zero-order chi connectivity index (χ0) is 17.7. The number of aromatic nitrogens is 1. The van der Waals surface area contributed by atoms with Crippen molar-refractivity contribution >= 4 is 11.6 Å². The van der Waals surface area contributed by atoms with E-state index in [1.807, 2.05) is 6.07 Å². The minimum atomic E-state index is -0.390. The Bertz CT molecular complexity index is 846. The van der Waals surface area contributed by atoms with E-state index in [0.29, 0.717) is 23.4 Å². The number of hydrogen-bond acceptors (Lipinski definition) is 4. The third-order valence-corrected chi connectivity index (χ3v) is 3.90. The number of aryl methyl sites for hydroxylation is 1. The molecule has 6 heteroatoms. The summed E-state index contributed by atoms with van der Waals surface area (Å²) in [5.41, 5.74) is 2.55. The van der Waals surface area contributed by atoms with Crippen LogP contribution in [-0.4, -0.2) is 18.0 Å². The second-order valence-corrected chi connectivity index (χ2v) is 5.45. The van der Waals surface area contributed by atoms with Crippen LogP contribution >= 0.6 is 0 Å². The van der Waals surface area contributed by atoms with E-state index in [4.69, 9.17) is 10.00 Å². The molecule has 0 fully saturated rings. The Morgan fingerprint density at radius 2 is 1.96 bits per heavy atom. The molecule has 24 heavy (non-hydrogen) atoms. The number of anilines is 1. The standard InChI is InChI=1S/C18H19N3O3/c1-11-15(12(2)20-18(23)16(11)10-19)8-9-17(22)21-13-4-6-14(24-3)7-5-13/h4-7H,8-9H2,1-3H3,(H,20,23)(H,21,22). The van der Waals surface area contributed by atoms with Crippen molar-refractivity contribution < 1.29 is 9.53 Å². The van der Waals surface area contributed by atoms with E-state index in [-0.39, 0.29) is 23.5 Å². The quantitative estimate of drug-likeness (QED) is 0.882. The minimum Gasteiger partial charge on any atom is -0.497 e. The van der Waals surface area contributed by atoms with Crippen molar-refractivity contribution in [3.05, 3.63) is 57.0 Å². The number of nitriles is 1. The van der Waals surface area contributed by atoms with Gasteiger partial charge in [0.2, 0.25) is 5.91 Å². The van der Waals surface area contributed by atoms with Gasteiger partial charge in [-0.05, 0) is 55.7 Å². The van der Waals surface area contributed by atoms with E-state index in [0.717, 1.165) is 11.3 Å². The predicted octanol–water partition coefficient (Wildman–Crippen LogP) is 2.44. The number of carbonyl (C=O) groups is 1. The molecule has 2 N–H and O–H groups in total. The highest BCUT2D eigenvalue weighted by Gasteiger charge is 2.13. The van der Waals surface area contributed by atoms with E-state index >= 15 is 0 Å². The molecule has 2 aromatic rings. The number of methoxy groups -OCH3 is 1. The van der Waals surface area contributed by atoms with Crippen LogP contribution < -0.4 is 15.6 Å². The molecule has 0 aliphatic rings. The van der Waals surface area contributed by atoms with Gasteiger partial charge in [0.1, 0.15) is 17.4 Å². The summed E-state index contributed by atoms with van der Waals surface area (Å²) in [4.78, 5) is 26.5. The number of benzene rings is 1. The van der Waals surface area contributed by atoms with Crippen molar-refractivity contribution in [3.63, 3.8) is 0 Å². The van der Waals surface area contributed by atoms with Gasteiger partial charge >= 0.3 is 0 Å². The summed E-state index contributed by atoms with van der Waals surface area (Å²) in [5, 5.41) is 11.9. The van der Waals surface area contributed by atoms with E-state index < -0.39 is 0 Å². The summed E-state index contributed by atoms with van der Waals surface area (Å²) in [6.07, 6.45) is 0.704. The lowest BCUT2D eigenvalue weighted by Crippen LogP contribution is -2.18. The maximum atomic E-state index is 12.1. The number of carbonyl (C=O) groups excluding carboxylic acids is 1. The fourth-order valence-corrected chi connectivity index (χ4v) is 2.56. The molecule has 0 aliphatic heterocycles. The molecule has 0 saturated carbocycles. The van der Waals surface area contributed by atoms with Gasteiger partial charge < -0.3 is 15.0 Å². The number of aromatic amines is 1. The number of ether oxygens (including phenoxy) is 1. The number of amides is 1. The zero-order valence-electron chi connectivity index (χ0n) is 13.9. The first-order chi connectivity index (χ1) is 11.5. The Hall–Kier alpha value is -3.07. The third kappa shape index (κ3) is 3.82. The van der Waals surface area contributed by atoms with E-state index in [1.54, 1.807) is 45.2 Å². The average molecular weight is 325 g/mol. The summed E-state index contributed by atoms with van der Waals surface area (Å²) in [7, 11) is 1.58. The predicted molar refractivity (Wildman–Crippen MR) is 91.2 cm³/mol. The fraction of sp³-hybridized carbons (Fsp3) is 0.278. The Morgan fingerprint density at radius 1 is 1.29 bits per heavy atom. The lowest BCUT2D eigenvalue weighted by Gasteiger charge is -2.11. The van der Waals surface area contributed by atoms with Crippen molar-refractivity contribution in [2.24, 2.45) is 0 Å². The first-order valence-electron chi connectivity index (χ1n) is 7.52. The molecule has 124 valence electrons. The fourth-order valence-electron chi connectivity index (χ4n) is 2.56. The highest BCUT2D eigenvalue weighted by Crippen LogP contribution is 2.17. The molecule has 6 nitrogen and oxygen atoms in total. The first kappa shape index (κ1) is 17.3. The van der Waals surface area contributed by atoms with Crippen molar-refractivity contribution in [2.75, 3.05) is 12.4 Å². The number of H-pyrrole nitrogens is 1. The van der Waals surface area contributed by atoms with Crippen molar-refractivity contribution in [3.8, 4) is 11.8 Å². The van der Waals surface area contributed by atoms with E-state index in [2.05, 4.69) is 10.3 Å². The second kappa shape index (κ2) is 7.47. The number of hydrogen-bond donors (Lipinski definition) is 2. The minimum absolute atomic E-state index is 0.103. The number of rotatable bonds is 5. The topological polar surface area (TPSA) is 95.0 Å². The van der Waals surface area contributed by atoms with Crippen LogP contribution in [0.2, 0.25) is 0 Å². The molecule has 0 saturated heterocycles. The van der Waals surface area contributed by atoms with Crippen LogP contribution in [0.15, 0.2) is 29.1 Å². The molecule has 1 aromatic carbocycles. The van der Waals surface area contributed by atoms with Crippen LogP contribution in [0.1, 0.15) is 28.8 Å². The second-order valence-electron chi connectivity index (χ2n) is 5.45. The van der Waals surface area contributed by atoms with Gasteiger partial charge in [-0.2, -0.15) is 5.26 Å². The molecular weight excluding hydrogens is 306 g/mol. The van der Waals surface area contributed by atoms with Gasteiger partial charge in [-0.15, -0.1) is 0 Å². The summed E-state index contributed by atoms with van der Waals surface area (Å²) in [6.45, 7) is 3.50. The van der Waals surface area contributed by atoms with Crippen molar-refractivity contribution in [1.29, 1.82) is 5.26 Å². The Kier molecular flexibility index (Phi) is 5.38. The van der Waals surface area contributed by atoms with Crippen LogP contribution in [0.5, 0.6) is 5.75 Å². The maximum Gasteiger partial charge on any atom is 0.266 e. The molecular formula is C18H19N3O3. The van der Waals surface area contributed by atoms with Crippen LogP contribution in [-0.2, 0) is 11.2 Å². The van der Waals surface area contributed by atoms with Crippen LogP contribution in [0.4, 0.5) is 5.69 Å². The van der Waals surface area contributed by atoms with Crippen LogP contribution in [0, 0.1) is 25.2 Å². The number of nitrogens with one attached hydrogen (secondary N) is 2. The average Bonchev–Trinajstić information content (AvgIpc) is 2.55. The summed E-state index contributed by atoms with van der Waals surface area (Å²) in [5.74, 6) is 0.584. The number of nitrogens with zero attached hydrogens (tertiary/aromatic N) is 1. The summed E-state index contributed by atoms with van der Waals surface area (Å²) in [6, 6.07) is 8.98. The molecule has 2 rings (SSSR count). The normalized spacial score (nSPS) is 10.1. The lowest BCUT2D eigenvalue weighted by atomic mass is 9.99. The van der Waals surface area contributed by atoms with Gasteiger partial charge in [0.05, 0.1) is 7.11 Å². The Morgan fingerprint density at radius 3 is 2.54 bits per heavy atom. The third-order valence-electron chi connectivity index (χ3n) is 3.90. The molecule has 1 aromatic heterocycles. The summed E-state index contributed by atoms with van der Waals surface area (Å²) < 4.78 is 5.07. The first-order valence-corrected chi connectivity index (χ1v) is 7.52. The number of pyridine rings is 1. The van der Waals surface area contributed by atoms with Gasteiger partial charge in [-0.3, -0.25) is 9.59 Å². The molecule has 1 heterocycles. The molecule has 1 amide bonds. The van der Waals surface area contributed by atoms with Crippen LogP contribution in [0.25, 0.3) is 0 Å². The van der Waals surface area contributed by atoms with Gasteiger partial charge in [0.25, 0.3) is 5.56 Å². The van der Waals surface area contributed by atoms with Gasteiger partial charge in [0, 0.05) is 17.8 Å². The highest BCUT2D eigenvalue weighted by molar-refractivity contribution is 5.90. The smallest absolute Gasteiger partial charge is 0.266 e. The SMILES string of the molecule is COc1ccc(NC(=O)CCc2c(C)[nH]c(=O)c(C#N)c2C)cc1. The maximum absolute atomic E-state index is 12.1. The largest absolute Gasteiger partial charge is 0.497 e. The molecule has 0 spiro atoms. The lowest BCUT2D eigenvalue weighted by molar-refractivity contribution is -0.116.